The molecule has 3 N–H and O–H groups in total. The lowest BCUT2D eigenvalue weighted by molar-refractivity contribution is -0.119. The van der Waals surface area contributed by atoms with Gasteiger partial charge in [-0.2, -0.15) is 0 Å². The van der Waals surface area contributed by atoms with E-state index in [-0.39, 0.29) is 12.5 Å². The molecule has 0 aliphatic rings. The topological polar surface area (TPSA) is 78.4 Å². The van der Waals surface area contributed by atoms with Gasteiger partial charge in [0.05, 0.1) is 5.01 Å². The maximum Gasteiger partial charge on any atom is 0.241 e. The number of aryl methyl sites for hydroxylation is 1. The molecule has 1 rings (SSSR count). The molecule has 0 atom stereocenters. The van der Waals surface area contributed by atoms with E-state index in [0.717, 1.165) is 24.5 Å². The van der Waals surface area contributed by atoms with Crippen LogP contribution in [0.3, 0.4) is 0 Å². The second-order valence-electron chi connectivity index (χ2n) is 4.19. The average Bonchev–Trinajstić information content (AvgIpc) is 2.82. The smallest absolute Gasteiger partial charge is 0.241 e. The van der Waals surface area contributed by atoms with Crippen molar-refractivity contribution in [2.75, 3.05) is 26.2 Å². The zero-order chi connectivity index (χ0) is 14.8. The summed E-state index contributed by atoms with van der Waals surface area (Å²) in [5.41, 5.74) is 0. The highest BCUT2D eigenvalue weighted by Gasteiger charge is 2.02. The van der Waals surface area contributed by atoms with Crippen LogP contribution in [-0.4, -0.2) is 43.0 Å². The number of hydrogen-bond donors (Lipinski definition) is 3. The number of hydrogen-bond acceptors (Lipinski definition) is 4. The largest absolute Gasteiger partial charge is 0.357 e. The molecule has 0 aliphatic heterocycles. The Bertz CT molecular complexity index is 444. The van der Waals surface area contributed by atoms with Crippen molar-refractivity contribution in [3.8, 4) is 0 Å². The van der Waals surface area contributed by atoms with Crippen LogP contribution in [0.25, 0.3) is 0 Å². The first-order valence-corrected chi connectivity index (χ1v) is 7.67. The second kappa shape index (κ2) is 9.30. The summed E-state index contributed by atoms with van der Waals surface area (Å²) in [6.07, 6.45) is 2.73. The van der Waals surface area contributed by atoms with Crippen LogP contribution in [0.5, 0.6) is 0 Å². The number of nitrogens with zero attached hydrogens (tertiary/aromatic N) is 2. The van der Waals surface area contributed by atoms with E-state index in [1.54, 1.807) is 11.3 Å². The summed E-state index contributed by atoms with van der Waals surface area (Å²) >= 11 is 1.70. The lowest BCUT2D eigenvalue weighted by Gasteiger charge is -2.10. The van der Waals surface area contributed by atoms with E-state index >= 15 is 0 Å². The molecule has 6 nitrogen and oxygen atoms in total. The molecular formula is C13H23N5OS. The van der Waals surface area contributed by atoms with Crippen LogP contribution in [0.1, 0.15) is 23.7 Å². The molecule has 1 amide bonds. The van der Waals surface area contributed by atoms with Crippen LogP contribution in [0.2, 0.25) is 0 Å². The van der Waals surface area contributed by atoms with Crippen LogP contribution >= 0.6 is 11.3 Å². The number of carbonyl (C=O) groups excluding carboxylic acids is 1. The quantitative estimate of drug-likeness (QED) is 0.511. The highest BCUT2D eigenvalue weighted by atomic mass is 32.1. The van der Waals surface area contributed by atoms with Crippen molar-refractivity contribution < 1.29 is 4.79 Å². The van der Waals surface area contributed by atoms with Gasteiger partial charge in [-0.1, -0.05) is 0 Å². The summed E-state index contributed by atoms with van der Waals surface area (Å²) in [4.78, 5) is 21.1. The fourth-order valence-corrected chi connectivity index (χ4v) is 2.34. The molecule has 0 fully saturated rings. The summed E-state index contributed by atoms with van der Waals surface area (Å²) in [6, 6.07) is 0. The van der Waals surface area contributed by atoms with Crippen molar-refractivity contribution in [3.05, 3.63) is 16.1 Å². The fraction of sp³-hybridized carbons (Fsp3) is 0.615. The van der Waals surface area contributed by atoms with Crippen LogP contribution in [0.4, 0.5) is 0 Å². The lowest BCUT2D eigenvalue weighted by Crippen LogP contribution is -2.39. The van der Waals surface area contributed by atoms with Crippen LogP contribution in [0, 0.1) is 6.92 Å². The van der Waals surface area contributed by atoms with Crippen molar-refractivity contribution in [2.24, 2.45) is 4.99 Å². The third-order valence-electron chi connectivity index (χ3n) is 2.40. The normalized spacial score (nSPS) is 11.2. The number of aromatic nitrogens is 1. The van der Waals surface area contributed by atoms with Crippen molar-refractivity contribution in [3.63, 3.8) is 0 Å². The molecular weight excluding hydrogens is 274 g/mol. The van der Waals surface area contributed by atoms with E-state index in [1.807, 2.05) is 27.0 Å². The van der Waals surface area contributed by atoms with Gasteiger partial charge in [-0.15, -0.1) is 11.3 Å². The second-order valence-corrected chi connectivity index (χ2v) is 5.51. The maximum atomic E-state index is 11.4. The Morgan fingerprint density at radius 2 is 2.05 bits per heavy atom. The van der Waals surface area contributed by atoms with Gasteiger partial charge in [0.25, 0.3) is 0 Å². The number of guanidine groups is 1. The zero-order valence-electron chi connectivity index (χ0n) is 12.3. The Hall–Kier alpha value is -1.63. The number of nitrogens with one attached hydrogen (secondary N) is 3. The first-order chi connectivity index (χ1) is 9.65. The van der Waals surface area contributed by atoms with E-state index < -0.39 is 0 Å². The van der Waals surface area contributed by atoms with Crippen LogP contribution < -0.4 is 16.0 Å². The minimum absolute atomic E-state index is 0.0692. The Balaban J connectivity index is 2.37. The van der Waals surface area contributed by atoms with Crippen molar-refractivity contribution in [2.45, 2.75) is 27.2 Å². The minimum atomic E-state index is -0.0692. The first-order valence-electron chi connectivity index (χ1n) is 6.85. The van der Waals surface area contributed by atoms with Gasteiger partial charge >= 0.3 is 0 Å². The summed E-state index contributed by atoms with van der Waals surface area (Å²) in [7, 11) is 0. The van der Waals surface area contributed by atoms with Gasteiger partial charge in [-0.25, -0.2) is 9.98 Å². The highest BCUT2D eigenvalue weighted by Crippen LogP contribution is 2.10. The molecule has 0 spiro atoms. The van der Waals surface area contributed by atoms with E-state index in [0.29, 0.717) is 12.5 Å². The molecule has 0 radical (unpaired) electrons. The third-order valence-corrected chi connectivity index (χ3v) is 3.37. The predicted octanol–water partition coefficient (Wildman–Crippen LogP) is 0.685. The van der Waals surface area contributed by atoms with Gasteiger partial charge < -0.3 is 16.0 Å². The molecule has 0 unspecified atom stereocenters. The van der Waals surface area contributed by atoms with Crippen molar-refractivity contribution >= 4 is 23.2 Å². The number of amides is 1. The number of aliphatic imine (C=N–C) groups is 1. The molecule has 0 saturated carbocycles. The van der Waals surface area contributed by atoms with Gasteiger partial charge in [0.2, 0.25) is 5.91 Å². The van der Waals surface area contributed by atoms with Crippen molar-refractivity contribution in [1.82, 2.24) is 20.9 Å². The summed E-state index contributed by atoms with van der Waals surface area (Å²) in [5.74, 6) is 0.590. The van der Waals surface area contributed by atoms with Crippen LogP contribution in [0.15, 0.2) is 11.2 Å². The van der Waals surface area contributed by atoms with E-state index in [2.05, 4.69) is 25.9 Å². The molecule has 112 valence electrons. The molecule has 1 heterocycles. The Morgan fingerprint density at radius 1 is 1.30 bits per heavy atom. The van der Waals surface area contributed by atoms with Gasteiger partial charge in [0.15, 0.2) is 5.96 Å². The average molecular weight is 297 g/mol. The van der Waals surface area contributed by atoms with Crippen molar-refractivity contribution in [1.29, 1.82) is 0 Å². The third kappa shape index (κ3) is 6.51. The predicted molar refractivity (Wildman–Crippen MR) is 83.2 cm³/mol. The Kier molecular flexibility index (Phi) is 7.64. The molecule has 1 aromatic rings. The molecule has 0 bridgehead atoms. The van der Waals surface area contributed by atoms with Gasteiger partial charge in [-0.3, -0.25) is 4.79 Å². The Morgan fingerprint density at radius 3 is 2.65 bits per heavy atom. The SMILES string of the molecule is CCNC(=O)CN=C(NCC)NCCc1ncc(C)s1. The number of likely N-dealkylation sites (N-methyl/N-ethyl adjacent to an activating group) is 1. The Labute approximate surface area is 124 Å². The summed E-state index contributed by atoms with van der Waals surface area (Å²) < 4.78 is 0. The molecule has 1 aromatic heterocycles. The molecule has 0 saturated heterocycles. The highest BCUT2D eigenvalue weighted by molar-refractivity contribution is 7.11. The van der Waals surface area contributed by atoms with E-state index in [9.17, 15) is 4.79 Å². The first kappa shape index (κ1) is 16.4. The molecule has 7 heteroatoms. The summed E-state index contributed by atoms with van der Waals surface area (Å²) in [5, 5.41) is 10.1. The zero-order valence-corrected chi connectivity index (χ0v) is 13.1. The van der Waals surface area contributed by atoms with Gasteiger partial charge in [0.1, 0.15) is 6.54 Å². The lowest BCUT2D eigenvalue weighted by atomic mass is 10.4. The monoisotopic (exact) mass is 297 g/mol. The van der Waals surface area contributed by atoms with E-state index in [4.69, 9.17) is 0 Å². The molecule has 0 aliphatic carbocycles. The van der Waals surface area contributed by atoms with Crippen LogP contribution in [-0.2, 0) is 11.2 Å². The fourth-order valence-electron chi connectivity index (χ4n) is 1.55. The number of rotatable bonds is 7. The maximum absolute atomic E-state index is 11.4. The molecule has 0 aromatic carbocycles. The van der Waals surface area contributed by atoms with Gasteiger partial charge in [-0.05, 0) is 20.8 Å². The van der Waals surface area contributed by atoms with E-state index in [1.165, 1.54) is 4.88 Å². The van der Waals surface area contributed by atoms with Gasteiger partial charge in [0, 0.05) is 37.1 Å². The molecule has 20 heavy (non-hydrogen) atoms. The number of carbonyl (C=O) groups is 1. The number of thiazole rings is 1. The summed E-state index contributed by atoms with van der Waals surface area (Å²) in [6.45, 7) is 8.20. The standard InChI is InChI=1S/C13H23N5OS/c1-4-14-11(19)9-18-13(15-5-2)16-7-6-12-17-8-10(3)20-12/h8H,4-7,9H2,1-3H3,(H,14,19)(H2,15,16,18). The minimum Gasteiger partial charge on any atom is -0.357 e.